The number of fused-ring (bicyclic) bond motifs is 3. The summed E-state index contributed by atoms with van der Waals surface area (Å²) in [6, 6.07) is 0. The van der Waals surface area contributed by atoms with E-state index in [4.69, 9.17) is 4.42 Å². The molecule has 0 aromatic carbocycles. The zero-order valence-corrected chi connectivity index (χ0v) is 5.29. The third kappa shape index (κ3) is 0.328. The lowest BCUT2D eigenvalue weighted by atomic mass is 10.3. The molecule has 2 heteroatoms. The molecule has 2 aliphatic carbocycles. The summed E-state index contributed by atoms with van der Waals surface area (Å²) in [6.45, 7) is 0. The first-order valence-electron chi connectivity index (χ1n) is 3.29. The maximum absolute atomic E-state index is 5.19. The third-order valence-electron chi connectivity index (χ3n) is 2.03. The monoisotopic (exact) mass is 131 g/mol. The summed E-state index contributed by atoms with van der Waals surface area (Å²) in [7, 11) is 0. The highest BCUT2D eigenvalue weighted by Gasteiger charge is 2.17. The molecular formula is C8H5NO. The Labute approximate surface area is 57.2 Å². The van der Waals surface area contributed by atoms with Crippen molar-refractivity contribution in [2.45, 2.75) is 6.42 Å². The second kappa shape index (κ2) is 1.24. The molecule has 0 atom stereocenters. The van der Waals surface area contributed by atoms with Crippen LogP contribution >= 0.6 is 0 Å². The highest BCUT2D eigenvalue weighted by molar-refractivity contribution is 5.83. The minimum Gasteiger partial charge on any atom is -0.443 e. The molecule has 0 radical (unpaired) electrons. The van der Waals surface area contributed by atoms with E-state index in [1.165, 1.54) is 17.5 Å². The van der Waals surface area contributed by atoms with Crippen LogP contribution in [0, 0.1) is 0 Å². The molecular weight excluding hydrogens is 126 g/mol. The molecule has 3 rings (SSSR count). The maximum atomic E-state index is 5.19. The van der Waals surface area contributed by atoms with E-state index >= 15 is 0 Å². The Bertz CT molecular complexity index is 398. The fourth-order valence-corrected chi connectivity index (χ4v) is 1.55. The topological polar surface area (TPSA) is 26.0 Å². The van der Waals surface area contributed by atoms with Crippen LogP contribution in [-0.4, -0.2) is 4.98 Å². The van der Waals surface area contributed by atoms with Gasteiger partial charge in [-0.3, -0.25) is 0 Å². The van der Waals surface area contributed by atoms with Crippen molar-refractivity contribution in [2.75, 3.05) is 0 Å². The van der Waals surface area contributed by atoms with Gasteiger partial charge in [0.15, 0.2) is 11.8 Å². The first-order valence-corrected chi connectivity index (χ1v) is 3.29. The molecule has 1 aromatic rings. The summed E-state index contributed by atoms with van der Waals surface area (Å²) in [5.41, 5.74) is 3.57. The standard InChI is InChI=1S/C8H5NO/c1-2-6-3-5(1)7-8(6)10-4-9-7/h1-2,4H,3H2. The fourth-order valence-electron chi connectivity index (χ4n) is 1.55. The number of aromatic nitrogens is 1. The molecule has 0 unspecified atom stereocenters. The Hall–Kier alpha value is -1.31. The number of hydrogen-bond acceptors (Lipinski definition) is 2. The molecule has 2 bridgehead atoms. The van der Waals surface area contributed by atoms with Gasteiger partial charge in [-0.05, 0) is 5.57 Å². The average molecular weight is 131 g/mol. The molecule has 1 aromatic heterocycles. The summed E-state index contributed by atoms with van der Waals surface area (Å²) >= 11 is 0. The summed E-state index contributed by atoms with van der Waals surface area (Å²) in [4.78, 5) is 4.10. The zero-order chi connectivity index (χ0) is 6.55. The third-order valence-corrected chi connectivity index (χ3v) is 2.03. The maximum Gasteiger partial charge on any atom is 0.182 e. The molecule has 0 fully saturated rings. The van der Waals surface area contributed by atoms with E-state index in [9.17, 15) is 0 Å². The Morgan fingerprint density at radius 2 is 2.20 bits per heavy atom. The first kappa shape index (κ1) is 4.50. The first-order chi connectivity index (χ1) is 4.95. The Kier molecular flexibility index (Phi) is 0.556. The second-order valence-corrected chi connectivity index (χ2v) is 2.59. The van der Waals surface area contributed by atoms with Gasteiger partial charge >= 0.3 is 0 Å². The Morgan fingerprint density at radius 1 is 1.30 bits per heavy atom. The summed E-state index contributed by atoms with van der Waals surface area (Å²) in [5.74, 6) is 0. The van der Waals surface area contributed by atoms with Gasteiger partial charge in [0.05, 0.1) is 0 Å². The molecule has 0 amide bonds. The van der Waals surface area contributed by atoms with Crippen LogP contribution in [0.4, 0.5) is 0 Å². The van der Waals surface area contributed by atoms with E-state index in [0.29, 0.717) is 0 Å². The number of allylic oxidation sites excluding steroid dienone is 2. The minimum atomic E-state index is 0.984. The number of oxazole rings is 1. The lowest BCUT2D eigenvalue weighted by Gasteiger charge is -1.79. The highest BCUT2D eigenvalue weighted by Crippen LogP contribution is 2.23. The Balaban J connectivity index is 2.77. The van der Waals surface area contributed by atoms with Gasteiger partial charge in [0, 0.05) is 12.0 Å². The van der Waals surface area contributed by atoms with Crippen LogP contribution in [0.2, 0.25) is 0 Å². The van der Waals surface area contributed by atoms with E-state index < -0.39 is 0 Å². The van der Waals surface area contributed by atoms with E-state index in [1.807, 2.05) is 0 Å². The molecule has 48 valence electrons. The molecule has 10 heavy (non-hydrogen) atoms. The molecule has 0 saturated heterocycles. The van der Waals surface area contributed by atoms with Gasteiger partial charge in [0.2, 0.25) is 0 Å². The molecule has 0 aliphatic heterocycles. The largest absolute Gasteiger partial charge is 0.443 e. The van der Waals surface area contributed by atoms with Gasteiger partial charge in [-0.1, -0.05) is 12.2 Å². The molecule has 2 aliphatic rings. The molecule has 2 nitrogen and oxygen atoms in total. The van der Waals surface area contributed by atoms with Crippen LogP contribution in [0.1, 0.15) is 6.42 Å². The second-order valence-electron chi connectivity index (χ2n) is 2.59. The van der Waals surface area contributed by atoms with Gasteiger partial charge in [-0.25, -0.2) is 4.98 Å². The predicted molar refractivity (Wildman–Crippen MR) is 36.3 cm³/mol. The van der Waals surface area contributed by atoms with Crippen molar-refractivity contribution < 1.29 is 4.42 Å². The SMILES string of the molecule is C1=CC2=c3ocnc3=C1C2. The number of hydrogen-bond donors (Lipinski definition) is 0. The highest BCUT2D eigenvalue weighted by atomic mass is 16.3. The average Bonchev–Trinajstić information content (AvgIpc) is 2.60. The van der Waals surface area contributed by atoms with Gasteiger partial charge in [-0.2, -0.15) is 0 Å². The van der Waals surface area contributed by atoms with Crippen molar-refractivity contribution in [1.29, 1.82) is 0 Å². The van der Waals surface area contributed by atoms with Crippen LogP contribution in [0.25, 0.3) is 11.1 Å². The van der Waals surface area contributed by atoms with Crippen molar-refractivity contribution >= 4 is 11.1 Å². The van der Waals surface area contributed by atoms with E-state index in [1.54, 1.807) is 0 Å². The van der Waals surface area contributed by atoms with Crippen LogP contribution < -0.4 is 10.8 Å². The van der Waals surface area contributed by atoms with Crippen molar-refractivity contribution in [2.24, 2.45) is 0 Å². The van der Waals surface area contributed by atoms with Crippen molar-refractivity contribution in [3.8, 4) is 0 Å². The van der Waals surface area contributed by atoms with Gasteiger partial charge < -0.3 is 4.42 Å². The van der Waals surface area contributed by atoms with Crippen molar-refractivity contribution in [3.63, 3.8) is 0 Å². The predicted octanol–water partition coefficient (Wildman–Crippen LogP) is -0.0505. The van der Waals surface area contributed by atoms with Gasteiger partial charge in [0.1, 0.15) is 5.35 Å². The van der Waals surface area contributed by atoms with Gasteiger partial charge in [0.25, 0.3) is 0 Å². The lowest BCUT2D eigenvalue weighted by molar-refractivity contribution is 0.523. The molecule has 0 spiro atoms. The van der Waals surface area contributed by atoms with Crippen molar-refractivity contribution in [1.82, 2.24) is 4.98 Å². The van der Waals surface area contributed by atoms with Gasteiger partial charge in [-0.15, -0.1) is 0 Å². The van der Waals surface area contributed by atoms with E-state index in [-0.39, 0.29) is 0 Å². The minimum absolute atomic E-state index is 0.984. The summed E-state index contributed by atoms with van der Waals surface area (Å²) in [5, 5.41) is 1.05. The van der Waals surface area contributed by atoms with Crippen molar-refractivity contribution in [3.05, 3.63) is 29.3 Å². The quantitative estimate of drug-likeness (QED) is 0.493. The summed E-state index contributed by atoms with van der Waals surface area (Å²) < 4.78 is 5.19. The fraction of sp³-hybridized carbons (Fsp3) is 0.125. The zero-order valence-electron chi connectivity index (χ0n) is 5.29. The number of rotatable bonds is 0. The molecule has 1 heterocycles. The normalized spacial score (nSPS) is 18.8. The smallest absolute Gasteiger partial charge is 0.182 e. The van der Waals surface area contributed by atoms with E-state index in [2.05, 4.69) is 17.1 Å². The van der Waals surface area contributed by atoms with Crippen LogP contribution in [0.15, 0.2) is 23.0 Å². The summed E-state index contributed by atoms with van der Waals surface area (Å²) in [6.07, 6.45) is 6.75. The van der Waals surface area contributed by atoms with E-state index in [0.717, 1.165) is 17.2 Å². The van der Waals surface area contributed by atoms with Crippen LogP contribution in [-0.2, 0) is 0 Å². The lowest BCUT2D eigenvalue weighted by Crippen LogP contribution is -2.22. The molecule has 0 saturated carbocycles. The van der Waals surface area contributed by atoms with Crippen LogP contribution in [0.3, 0.4) is 0 Å². The Morgan fingerprint density at radius 3 is 3.10 bits per heavy atom. The number of nitrogens with zero attached hydrogens (tertiary/aromatic N) is 1. The molecule has 0 N–H and O–H groups in total. The van der Waals surface area contributed by atoms with Crippen LogP contribution in [0.5, 0.6) is 0 Å².